The van der Waals surface area contributed by atoms with Crippen LogP contribution in [0.2, 0.25) is 0 Å². The van der Waals surface area contributed by atoms with E-state index in [1.54, 1.807) is 0 Å². The number of nitrogens with one attached hydrogen (secondary N) is 1. The molecule has 1 saturated heterocycles. The van der Waals surface area contributed by atoms with Crippen molar-refractivity contribution in [1.29, 1.82) is 0 Å². The van der Waals surface area contributed by atoms with Gasteiger partial charge in [-0.2, -0.15) is 0 Å². The number of hydrogen-bond acceptors (Lipinski definition) is 2. The van der Waals surface area contributed by atoms with Gasteiger partial charge in [0.2, 0.25) is 0 Å². The summed E-state index contributed by atoms with van der Waals surface area (Å²) in [4.78, 5) is 0. The molecule has 0 aromatic heterocycles. The lowest BCUT2D eigenvalue weighted by molar-refractivity contribution is -0.0167. The summed E-state index contributed by atoms with van der Waals surface area (Å²) in [5.74, 6) is 2.00. The third-order valence-corrected chi connectivity index (χ3v) is 4.14. The molecule has 1 aliphatic heterocycles. The first kappa shape index (κ1) is 8.25. The fourth-order valence-electron chi connectivity index (χ4n) is 3.34. The van der Waals surface area contributed by atoms with Gasteiger partial charge in [0.25, 0.3) is 0 Å². The Bertz CT molecular complexity index is 175. The Kier molecular flexibility index (Phi) is 2.06. The van der Waals surface area contributed by atoms with Crippen LogP contribution in [0.15, 0.2) is 0 Å². The van der Waals surface area contributed by atoms with Gasteiger partial charge in [0.15, 0.2) is 0 Å². The predicted octanol–water partition coefficient (Wildman–Crippen LogP) is 1.55. The second-order valence-electron chi connectivity index (χ2n) is 4.96. The highest BCUT2D eigenvalue weighted by molar-refractivity contribution is 4.95. The zero-order valence-electron chi connectivity index (χ0n) is 8.17. The first-order chi connectivity index (χ1) is 6.43. The van der Waals surface area contributed by atoms with E-state index in [1.807, 2.05) is 0 Å². The van der Waals surface area contributed by atoms with Crippen LogP contribution in [-0.2, 0) is 4.74 Å². The standard InChI is InChI=1S/C11H19NO/c1-2-8-4-5-9(3-1)11(8)12-10-6-13-7-10/h8-12H,1-7H2. The largest absolute Gasteiger partial charge is 0.378 e. The summed E-state index contributed by atoms with van der Waals surface area (Å²) in [6.45, 7) is 1.91. The third-order valence-electron chi connectivity index (χ3n) is 4.14. The second kappa shape index (κ2) is 3.25. The maximum Gasteiger partial charge on any atom is 0.0643 e. The SMILES string of the molecule is C1CC2CCC(C1)C2NC1COC1. The summed E-state index contributed by atoms with van der Waals surface area (Å²) >= 11 is 0. The van der Waals surface area contributed by atoms with Crippen molar-refractivity contribution in [3.05, 3.63) is 0 Å². The Hall–Kier alpha value is -0.0800. The second-order valence-corrected chi connectivity index (χ2v) is 4.96. The van der Waals surface area contributed by atoms with Crippen LogP contribution in [0.25, 0.3) is 0 Å². The summed E-state index contributed by atoms with van der Waals surface area (Å²) in [7, 11) is 0. The Balaban J connectivity index is 1.62. The molecular formula is C11H19NO. The fourth-order valence-corrected chi connectivity index (χ4v) is 3.34. The maximum atomic E-state index is 5.20. The molecule has 2 unspecified atom stereocenters. The minimum Gasteiger partial charge on any atom is -0.378 e. The molecule has 2 heteroatoms. The highest BCUT2D eigenvalue weighted by Crippen LogP contribution is 2.42. The van der Waals surface area contributed by atoms with Gasteiger partial charge in [-0.15, -0.1) is 0 Å². The molecule has 13 heavy (non-hydrogen) atoms. The summed E-state index contributed by atoms with van der Waals surface area (Å²) in [6, 6.07) is 1.54. The van der Waals surface area contributed by atoms with E-state index in [2.05, 4.69) is 5.32 Å². The highest BCUT2D eigenvalue weighted by Gasteiger charge is 2.40. The summed E-state index contributed by atoms with van der Waals surface area (Å²) < 4.78 is 5.20. The van der Waals surface area contributed by atoms with E-state index in [9.17, 15) is 0 Å². The minimum absolute atomic E-state index is 0.686. The lowest BCUT2D eigenvalue weighted by Gasteiger charge is -2.37. The smallest absolute Gasteiger partial charge is 0.0643 e. The van der Waals surface area contributed by atoms with Crippen LogP contribution < -0.4 is 5.32 Å². The zero-order valence-corrected chi connectivity index (χ0v) is 8.17. The average Bonchev–Trinajstić information content (AvgIpc) is 2.33. The first-order valence-corrected chi connectivity index (χ1v) is 5.77. The van der Waals surface area contributed by atoms with Gasteiger partial charge in [-0.3, -0.25) is 0 Å². The van der Waals surface area contributed by atoms with Gasteiger partial charge < -0.3 is 10.1 Å². The van der Waals surface area contributed by atoms with E-state index < -0.39 is 0 Å². The van der Waals surface area contributed by atoms with E-state index in [4.69, 9.17) is 4.74 Å². The van der Waals surface area contributed by atoms with E-state index in [1.165, 1.54) is 32.1 Å². The van der Waals surface area contributed by atoms with E-state index in [-0.39, 0.29) is 0 Å². The maximum absolute atomic E-state index is 5.20. The summed E-state index contributed by atoms with van der Waals surface area (Å²) in [5.41, 5.74) is 0. The van der Waals surface area contributed by atoms with Gasteiger partial charge in [0.1, 0.15) is 0 Å². The molecule has 2 atom stereocenters. The summed E-state index contributed by atoms with van der Waals surface area (Å²) in [6.07, 6.45) is 7.39. The molecule has 3 fully saturated rings. The van der Waals surface area contributed by atoms with Gasteiger partial charge in [-0.25, -0.2) is 0 Å². The van der Waals surface area contributed by atoms with Crippen molar-refractivity contribution < 1.29 is 4.74 Å². The van der Waals surface area contributed by atoms with Crippen LogP contribution in [0.5, 0.6) is 0 Å². The Labute approximate surface area is 80.0 Å². The molecule has 0 amide bonds. The molecule has 2 bridgehead atoms. The molecule has 2 aliphatic carbocycles. The van der Waals surface area contributed by atoms with Crippen molar-refractivity contribution in [2.75, 3.05) is 13.2 Å². The quantitative estimate of drug-likeness (QED) is 0.698. The first-order valence-electron chi connectivity index (χ1n) is 5.77. The van der Waals surface area contributed by atoms with Crippen LogP contribution in [0.3, 0.4) is 0 Å². The molecule has 0 radical (unpaired) electrons. The lowest BCUT2D eigenvalue weighted by atomic mass is 9.83. The lowest BCUT2D eigenvalue weighted by Crippen LogP contribution is -2.53. The van der Waals surface area contributed by atoms with Crippen LogP contribution >= 0.6 is 0 Å². The normalized spacial score (nSPS) is 44.8. The third kappa shape index (κ3) is 1.40. The topological polar surface area (TPSA) is 21.3 Å². The molecule has 0 spiro atoms. The van der Waals surface area contributed by atoms with Crippen molar-refractivity contribution in [3.63, 3.8) is 0 Å². The van der Waals surface area contributed by atoms with Gasteiger partial charge in [-0.1, -0.05) is 6.42 Å². The van der Waals surface area contributed by atoms with Crippen LogP contribution in [0.1, 0.15) is 32.1 Å². The van der Waals surface area contributed by atoms with Crippen LogP contribution in [0, 0.1) is 11.8 Å². The fraction of sp³-hybridized carbons (Fsp3) is 1.00. The number of rotatable bonds is 2. The van der Waals surface area contributed by atoms with Crippen molar-refractivity contribution in [2.45, 2.75) is 44.2 Å². The minimum atomic E-state index is 0.686. The van der Waals surface area contributed by atoms with Gasteiger partial charge in [0, 0.05) is 6.04 Å². The number of ether oxygens (including phenoxy) is 1. The van der Waals surface area contributed by atoms with E-state index in [0.717, 1.165) is 31.1 Å². The molecule has 3 aliphatic rings. The van der Waals surface area contributed by atoms with Gasteiger partial charge in [-0.05, 0) is 37.5 Å². The van der Waals surface area contributed by atoms with Crippen LogP contribution in [0.4, 0.5) is 0 Å². The van der Waals surface area contributed by atoms with Gasteiger partial charge >= 0.3 is 0 Å². The molecule has 74 valence electrons. The van der Waals surface area contributed by atoms with Crippen molar-refractivity contribution in [2.24, 2.45) is 11.8 Å². The molecule has 0 aromatic carbocycles. The van der Waals surface area contributed by atoms with Crippen molar-refractivity contribution in [3.8, 4) is 0 Å². The zero-order chi connectivity index (χ0) is 8.67. The predicted molar refractivity (Wildman–Crippen MR) is 51.6 cm³/mol. The van der Waals surface area contributed by atoms with Crippen LogP contribution in [-0.4, -0.2) is 25.3 Å². The van der Waals surface area contributed by atoms with Gasteiger partial charge in [0.05, 0.1) is 19.3 Å². The molecule has 2 nitrogen and oxygen atoms in total. The Morgan fingerprint density at radius 3 is 2.15 bits per heavy atom. The Morgan fingerprint density at radius 2 is 1.62 bits per heavy atom. The molecule has 3 rings (SSSR count). The molecule has 2 saturated carbocycles. The molecule has 0 aromatic rings. The monoisotopic (exact) mass is 181 g/mol. The highest BCUT2D eigenvalue weighted by atomic mass is 16.5. The molecular weight excluding hydrogens is 162 g/mol. The summed E-state index contributed by atoms with van der Waals surface area (Å²) in [5, 5.41) is 3.79. The van der Waals surface area contributed by atoms with E-state index >= 15 is 0 Å². The van der Waals surface area contributed by atoms with Crippen molar-refractivity contribution in [1.82, 2.24) is 5.32 Å². The number of hydrogen-bond donors (Lipinski definition) is 1. The number of fused-ring (bicyclic) bond motifs is 2. The van der Waals surface area contributed by atoms with E-state index in [0.29, 0.717) is 6.04 Å². The Morgan fingerprint density at radius 1 is 0.923 bits per heavy atom. The molecule has 1 N–H and O–H groups in total. The van der Waals surface area contributed by atoms with Crippen molar-refractivity contribution >= 4 is 0 Å². The molecule has 1 heterocycles. The average molecular weight is 181 g/mol.